The van der Waals surface area contributed by atoms with E-state index in [1.54, 1.807) is 11.1 Å². The van der Waals surface area contributed by atoms with Crippen LogP contribution < -0.4 is 10.9 Å². The van der Waals surface area contributed by atoms with Crippen molar-refractivity contribution in [1.82, 2.24) is 10.4 Å². The third-order valence-corrected chi connectivity index (χ3v) is 5.95. The highest BCUT2D eigenvalue weighted by Gasteiger charge is 2.45. The molecule has 6 nitrogen and oxygen atoms in total. The number of benzene rings is 2. The fourth-order valence-electron chi connectivity index (χ4n) is 4.28. The number of nitrogens with one attached hydrogen (secondary N) is 1. The highest BCUT2D eigenvalue weighted by Crippen LogP contribution is 2.38. The van der Waals surface area contributed by atoms with Crippen LogP contribution >= 0.6 is 0 Å². The summed E-state index contributed by atoms with van der Waals surface area (Å²) in [7, 11) is -1.87. The Morgan fingerprint density at radius 3 is 2.33 bits per heavy atom. The molecule has 2 aromatic rings. The molecule has 1 fully saturated rings. The van der Waals surface area contributed by atoms with Crippen molar-refractivity contribution < 1.29 is 24.0 Å². The summed E-state index contributed by atoms with van der Waals surface area (Å²) in [5, 5.41) is 20.2. The Labute approximate surface area is 195 Å². The Morgan fingerprint density at radius 1 is 1.18 bits per heavy atom. The van der Waals surface area contributed by atoms with E-state index in [-0.39, 0.29) is 22.8 Å². The Balaban J connectivity index is 1.87. The Morgan fingerprint density at radius 2 is 1.82 bits per heavy atom. The first kappa shape index (κ1) is 25.4. The zero-order valence-corrected chi connectivity index (χ0v) is 20.2. The number of epoxide rings is 1. The van der Waals surface area contributed by atoms with Crippen molar-refractivity contribution in [3.63, 3.8) is 0 Å². The van der Waals surface area contributed by atoms with Crippen LogP contribution in [0.4, 0.5) is 4.39 Å². The summed E-state index contributed by atoms with van der Waals surface area (Å²) in [6, 6.07) is 9.89. The summed E-state index contributed by atoms with van der Waals surface area (Å²) in [5.74, 6) is -0.840. The summed E-state index contributed by atoms with van der Waals surface area (Å²) in [5.41, 5.74) is 6.10. The van der Waals surface area contributed by atoms with E-state index in [9.17, 15) is 19.2 Å². The van der Waals surface area contributed by atoms with Crippen LogP contribution in [0.5, 0.6) is 0 Å². The van der Waals surface area contributed by atoms with Crippen LogP contribution in [-0.2, 0) is 4.74 Å². The van der Waals surface area contributed by atoms with Crippen molar-refractivity contribution >= 4 is 18.5 Å². The number of carbonyl (C=O) groups excluding carboxylic acids is 1. The molecule has 1 amide bonds. The van der Waals surface area contributed by atoms with E-state index in [0.717, 1.165) is 24.0 Å². The summed E-state index contributed by atoms with van der Waals surface area (Å²) >= 11 is 0. The van der Waals surface area contributed by atoms with Crippen molar-refractivity contribution in [3.05, 3.63) is 64.5 Å². The lowest BCUT2D eigenvalue weighted by atomic mass is 9.79. The first-order valence-electron chi connectivity index (χ1n) is 11.4. The number of nitrogens with zero attached hydrogens (tertiary/aromatic N) is 1. The van der Waals surface area contributed by atoms with Crippen LogP contribution in [0.25, 0.3) is 0 Å². The zero-order chi connectivity index (χ0) is 24.5. The largest absolute Gasteiger partial charge is 0.491 e. The molecule has 1 saturated heterocycles. The molecule has 0 aromatic heterocycles. The number of aryl methyl sites for hydroxylation is 2. The average molecular weight is 456 g/mol. The van der Waals surface area contributed by atoms with Gasteiger partial charge in [-0.2, -0.15) is 0 Å². The molecular formula is C25H34BFN2O4. The fraction of sp³-hybridized carbons (Fsp3) is 0.480. The minimum atomic E-state index is -1.87. The van der Waals surface area contributed by atoms with E-state index in [1.807, 2.05) is 32.0 Å². The Bertz CT molecular complexity index is 988. The molecule has 0 bridgehead atoms. The molecule has 1 aliphatic rings. The normalized spacial score (nSPS) is 18.7. The quantitative estimate of drug-likeness (QED) is 0.322. The van der Waals surface area contributed by atoms with Crippen LogP contribution in [0.1, 0.15) is 73.7 Å². The zero-order valence-electron chi connectivity index (χ0n) is 20.2. The lowest BCUT2D eigenvalue weighted by Crippen LogP contribution is -2.55. The van der Waals surface area contributed by atoms with Crippen molar-refractivity contribution in [2.45, 2.75) is 72.8 Å². The molecule has 1 aliphatic heterocycles. The predicted molar refractivity (Wildman–Crippen MR) is 127 cm³/mol. The van der Waals surface area contributed by atoms with Crippen LogP contribution in [0.3, 0.4) is 0 Å². The lowest BCUT2D eigenvalue weighted by molar-refractivity contribution is 0.0218. The first-order valence-corrected chi connectivity index (χ1v) is 11.4. The highest BCUT2D eigenvalue weighted by atomic mass is 19.1. The molecule has 2 aromatic carbocycles. The number of halogens is 1. The van der Waals surface area contributed by atoms with E-state index < -0.39 is 25.3 Å². The van der Waals surface area contributed by atoms with Gasteiger partial charge in [-0.25, -0.2) is 9.82 Å². The van der Waals surface area contributed by atoms with Gasteiger partial charge in [0.25, 0.3) is 5.91 Å². The van der Waals surface area contributed by atoms with Crippen molar-refractivity contribution in [2.24, 2.45) is 5.41 Å². The maximum atomic E-state index is 14.2. The third kappa shape index (κ3) is 6.01. The number of carbonyl (C=O) groups is 1. The first-order chi connectivity index (χ1) is 15.4. The predicted octanol–water partition coefficient (Wildman–Crippen LogP) is 3.38. The maximum absolute atomic E-state index is 14.2. The van der Waals surface area contributed by atoms with Crippen molar-refractivity contribution in [1.29, 1.82) is 0 Å². The molecule has 2 unspecified atom stereocenters. The third-order valence-electron chi connectivity index (χ3n) is 5.95. The van der Waals surface area contributed by atoms with Gasteiger partial charge in [0.15, 0.2) is 6.23 Å². The van der Waals surface area contributed by atoms with Crippen molar-refractivity contribution in [2.75, 3.05) is 0 Å². The van der Waals surface area contributed by atoms with Gasteiger partial charge >= 0.3 is 7.12 Å². The second kappa shape index (κ2) is 9.93. The lowest BCUT2D eigenvalue weighted by Gasteiger charge is -2.40. The van der Waals surface area contributed by atoms with E-state index >= 15 is 0 Å². The molecule has 33 heavy (non-hydrogen) atoms. The van der Waals surface area contributed by atoms with Gasteiger partial charge in [0.05, 0.1) is 6.04 Å². The Kier molecular flexibility index (Phi) is 7.64. The number of hydrogen-bond donors (Lipinski definition) is 3. The molecule has 3 N–H and O–H groups in total. The highest BCUT2D eigenvalue weighted by molar-refractivity contribution is 6.58. The van der Waals surface area contributed by atoms with Crippen LogP contribution in [0, 0.1) is 25.1 Å². The van der Waals surface area contributed by atoms with Gasteiger partial charge in [0.1, 0.15) is 11.9 Å². The van der Waals surface area contributed by atoms with Gasteiger partial charge < -0.3 is 14.8 Å². The number of rotatable bonds is 8. The number of hydrogen-bond acceptors (Lipinski definition) is 5. The molecule has 3 rings (SSSR count). The number of ether oxygens (including phenoxy) is 1. The molecule has 0 saturated carbocycles. The molecule has 8 heteroatoms. The van der Waals surface area contributed by atoms with Crippen LogP contribution in [0.15, 0.2) is 36.4 Å². The average Bonchev–Trinajstić information content (AvgIpc) is 3.47. The molecule has 3 atom stereocenters. The fourth-order valence-corrected chi connectivity index (χ4v) is 4.28. The summed E-state index contributed by atoms with van der Waals surface area (Å²) in [6.07, 6.45) is 0.778. The van der Waals surface area contributed by atoms with E-state index in [4.69, 9.17) is 4.74 Å². The van der Waals surface area contributed by atoms with Crippen LogP contribution in [-0.4, -0.2) is 40.4 Å². The molecule has 178 valence electrons. The minimum absolute atomic E-state index is 0.0932. The molecular weight excluding hydrogens is 422 g/mol. The topological polar surface area (TPSA) is 85.3 Å². The second-order valence-electron chi connectivity index (χ2n) is 9.98. The van der Waals surface area contributed by atoms with Gasteiger partial charge in [0, 0.05) is 11.0 Å². The number of hydrazine groups is 1. The standard InChI is InChI=1S/C25H34BFN2O4/c1-7-8-21(25(4,5)6)29(24(30)18-12-15(2)11-16(3)13-18)28-23-22(33-23)17-9-10-19(26(31)32)20(27)14-17/h9-14,21-23,28,31-32H,7-8H2,1-6H3/t21-,22?,23?/m1/s1. The summed E-state index contributed by atoms with van der Waals surface area (Å²) in [4.78, 5) is 13.7. The molecule has 1 heterocycles. The smallest absolute Gasteiger partial charge is 0.423 e. The molecule has 0 spiro atoms. The van der Waals surface area contributed by atoms with Gasteiger partial charge in [-0.1, -0.05) is 63.4 Å². The van der Waals surface area contributed by atoms with E-state index in [0.29, 0.717) is 11.1 Å². The molecule has 0 radical (unpaired) electrons. The summed E-state index contributed by atoms with van der Waals surface area (Å²) < 4.78 is 20.0. The van der Waals surface area contributed by atoms with Gasteiger partial charge in [0.2, 0.25) is 0 Å². The van der Waals surface area contributed by atoms with Gasteiger partial charge in [-0.3, -0.25) is 9.80 Å². The van der Waals surface area contributed by atoms with Gasteiger partial charge in [-0.05, 0) is 49.4 Å². The summed E-state index contributed by atoms with van der Waals surface area (Å²) in [6.45, 7) is 12.4. The second-order valence-corrected chi connectivity index (χ2v) is 9.98. The SMILES string of the molecule is CCC[C@@H](N(NC1OC1c1ccc(B(O)O)c(F)c1)C(=O)c1cc(C)cc(C)c1)C(C)(C)C. The minimum Gasteiger partial charge on any atom is -0.423 e. The maximum Gasteiger partial charge on any atom is 0.491 e. The van der Waals surface area contributed by atoms with E-state index in [2.05, 4.69) is 33.1 Å². The van der Waals surface area contributed by atoms with Gasteiger partial charge in [-0.15, -0.1) is 0 Å². The Hall–Kier alpha value is -2.26. The van der Waals surface area contributed by atoms with Crippen LogP contribution in [0.2, 0.25) is 0 Å². The van der Waals surface area contributed by atoms with E-state index in [1.165, 1.54) is 12.1 Å². The monoisotopic (exact) mass is 456 g/mol. The molecule has 0 aliphatic carbocycles. The number of amides is 1. The van der Waals surface area contributed by atoms with Crippen molar-refractivity contribution in [3.8, 4) is 0 Å².